The van der Waals surface area contributed by atoms with Crippen molar-refractivity contribution in [2.45, 2.75) is 72.4 Å². The van der Waals surface area contributed by atoms with Gasteiger partial charge < -0.3 is 14.8 Å². The van der Waals surface area contributed by atoms with E-state index in [0.29, 0.717) is 11.5 Å². The minimum Gasteiger partial charge on any atom is -0.346 e. The van der Waals surface area contributed by atoms with Crippen molar-refractivity contribution >= 4 is 17.4 Å². The number of ether oxygens (including phenoxy) is 2. The van der Waals surface area contributed by atoms with Gasteiger partial charge in [0.1, 0.15) is 17.5 Å². The van der Waals surface area contributed by atoms with Crippen molar-refractivity contribution in [3.63, 3.8) is 0 Å². The fourth-order valence-electron chi connectivity index (χ4n) is 2.89. The van der Waals surface area contributed by atoms with Crippen molar-refractivity contribution in [3.05, 3.63) is 70.0 Å². The summed E-state index contributed by atoms with van der Waals surface area (Å²) in [6, 6.07) is 6.01. The number of aryl methyl sites for hydroxylation is 1. The molecule has 0 saturated carbocycles. The molecule has 1 aromatic carbocycles. The molecule has 4 nitrogen and oxygen atoms in total. The van der Waals surface area contributed by atoms with Crippen molar-refractivity contribution < 1.29 is 18.3 Å². The second kappa shape index (κ2) is 9.63. The van der Waals surface area contributed by atoms with Crippen LogP contribution < -0.4 is 5.32 Å². The highest BCUT2D eigenvalue weighted by Crippen LogP contribution is 2.27. The molecule has 0 saturated heterocycles. The highest BCUT2D eigenvalue weighted by molar-refractivity contribution is 6.30. The molecule has 0 spiro atoms. The van der Waals surface area contributed by atoms with E-state index in [1.165, 1.54) is 6.07 Å². The molecule has 0 radical (unpaired) electrons. The maximum atomic E-state index is 13.9. The van der Waals surface area contributed by atoms with Crippen molar-refractivity contribution in [2.24, 2.45) is 0 Å². The molecule has 31 heavy (non-hydrogen) atoms. The summed E-state index contributed by atoms with van der Waals surface area (Å²) >= 11 is 5.73. The van der Waals surface area contributed by atoms with E-state index in [2.05, 4.69) is 43.7 Å². The lowest BCUT2D eigenvalue weighted by atomic mass is 9.87. The predicted molar refractivity (Wildman–Crippen MR) is 121 cm³/mol. The zero-order valence-corrected chi connectivity index (χ0v) is 20.0. The molecule has 170 valence electrons. The molecule has 0 aliphatic carbocycles. The summed E-state index contributed by atoms with van der Waals surface area (Å²) in [6.45, 7) is 17.6. The summed E-state index contributed by atoms with van der Waals surface area (Å²) < 4.78 is 39.0. The number of nitrogens with one attached hydrogen (secondary N) is 1. The summed E-state index contributed by atoms with van der Waals surface area (Å²) in [6.07, 6.45) is -0.433. The minimum atomic E-state index is -1.06. The highest BCUT2D eigenvalue weighted by atomic mass is 35.5. The summed E-state index contributed by atoms with van der Waals surface area (Å²) in [4.78, 5) is 4.52. The molecule has 0 fully saturated rings. The molecule has 2 aromatic rings. The first-order valence-electron chi connectivity index (χ1n) is 10.1. The van der Waals surface area contributed by atoms with E-state index in [1.54, 1.807) is 13.8 Å². The second-order valence-corrected chi connectivity index (χ2v) is 9.50. The molecule has 7 heteroatoms. The van der Waals surface area contributed by atoms with Crippen LogP contribution in [0.15, 0.2) is 36.5 Å². The number of aromatic nitrogens is 1. The standard InChI is InChI=1S/C24H31ClF2N2O2/c1-14-9-18(23(4,5)6)11-22(28-14)29-15(2)16(3)31-24(7,8)30-13-17-10-19(25)21(27)12-20(17)26/h9-12,16H,2,13H2,1,3-8H3,(H,28,29). The zero-order valence-electron chi connectivity index (χ0n) is 19.2. The SMILES string of the molecule is C=C(Nc1cc(C(C)(C)C)cc(C)n1)C(C)OC(C)(C)OCc1cc(Cl)c(F)cc1F. The van der Waals surface area contributed by atoms with Crippen LogP contribution in [0, 0.1) is 18.6 Å². The van der Waals surface area contributed by atoms with E-state index < -0.39 is 23.5 Å². The Kier molecular flexibility index (Phi) is 7.84. The molecule has 1 N–H and O–H groups in total. The second-order valence-electron chi connectivity index (χ2n) is 9.09. The molecule has 0 amide bonds. The number of anilines is 1. The quantitative estimate of drug-likeness (QED) is 0.349. The largest absolute Gasteiger partial charge is 0.346 e. The van der Waals surface area contributed by atoms with E-state index in [1.807, 2.05) is 19.9 Å². The number of rotatable bonds is 8. The molecule has 1 atom stereocenters. The van der Waals surface area contributed by atoms with Gasteiger partial charge in [-0.3, -0.25) is 0 Å². The normalized spacial score (nSPS) is 13.2. The third-order valence-electron chi connectivity index (χ3n) is 4.72. The molecule has 1 aromatic heterocycles. The van der Waals surface area contributed by atoms with Crippen LogP contribution in [-0.4, -0.2) is 16.9 Å². The predicted octanol–water partition coefficient (Wildman–Crippen LogP) is 6.90. The number of hydrogen-bond donors (Lipinski definition) is 1. The zero-order chi connectivity index (χ0) is 23.6. The van der Waals surface area contributed by atoms with Crippen molar-refractivity contribution in [2.75, 3.05) is 5.32 Å². The Morgan fingerprint density at radius 3 is 2.39 bits per heavy atom. The Morgan fingerprint density at radius 1 is 1.13 bits per heavy atom. The van der Waals surface area contributed by atoms with E-state index in [0.717, 1.165) is 17.3 Å². The summed E-state index contributed by atoms with van der Waals surface area (Å²) in [5, 5.41) is 3.05. The molecular formula is C24H31ClF2N2O2. The lowest BCUT2D eigenvalue weighted by Crippen LogP contribution is -2.34. The van der Waals surface area contributed by atoms with Crippen LogP contribution >= 0.6 is 11.6 Å². The Labute approximate surface area is 188 Å². The third-order valence-corrected chi connectivity index (χ3v) is 5.01. The lowest BCUT2D eigenvalue weighted by molar-refractivity contribution is -0.233. The molecule has 0 aliphatic rings. The minimum absolute atomic E-state index is 0.0120. The monoisotopic (exact) mass is 452 g/mol. The van der Waals surface area contributed by atoms with Gasteiger partial charge in [-0.05, 0) is 56.9 Å². The maximum Gasteiger partial charge on any atom is 0.164 e. The first kappa shape index (κ1) is 25.2. The van der Waals surface area contributed by atoms with Crippen LogP contribution in [0.2, 0.25) is 5.02 Å². The van der Waals surface area contributed by atoms with Crippen LogP contribution in [0.25, 0.3) is 0 Å². The molecule has 0 aliphatic heterocycles. The Bertz CT molecular complexity index is 955. The Hall–Kier alpha value is -2.02. The Morgan fingerprint density at radius 2 is 1.77 bits per heavy atom. The smallest absolute Gasteiger partial charge is 0.164 e. The summed E-state index contributed by atoms with van der Waals surface area (Å²) in [5.41, 5.74) is 2.80. The van der Waals surface area contributed by atoms with Crippen LogP contribution in [0.3, 0.4) is 0 Å². The molecule has 2 rings (SSSR count). The van der Waals surface area contributed by atoms with Crippen molar-refractivity contribution in [1.82, 2.24) is 4.98 Å². The lowest BCUT2D eigenvalue weighted by Gasteiger charge is -2.30. The van der Waals surface area contributed by atoms with Gasteiger partial charge in [0.2, 0.25) is 0 Å². The van der Waals surface area contributed by atoms with E-state index in [9.17, 15) is 8.78 Å². The number of pyridine rings is 1. The first-order valence-corrected chi connectivity index (χ1v) is 10.5. The van der Waals surface area contributed by atoms with E-state index in [-0.39, 0.29) is 22.6 Å². The van der Waals surface area contributed by atoms with Gasteiger partial charge in [0.05, 0.1) is 17.7 Å². The number of hydrogen-bond acceptors (Lipinski definition) is 4. The maximum absolute atomic E-state index is 13.9. The van der Waals surface area contributed by atoms with Crippen molar-refractivity contribution in [3.8, 4) is 0 Å². The number of benzene rings is 1. The highest BCUT2D eigenvalue weighted by Gasteiger charge is 2.25. The summed E-state index contributed by atoms with van der Waals surface area (Å²) in [7, 11) is 0. The molecule has 1 unspecified atom stereocenters. The van der Waals surface area contributed by atoms with Gasteiger partial charge in [0, 0.05) is 23.0 Å². The van der Waals surface area contributed by atoms with Crippen LogP contribution in [0.4, 0.5) is 14.6 Å². The van der Waals surface area contributed by atoms with Gasteiger partial charge in [0.15, 0.2) is 5.79 Å². The van der Waals surface area contributed by atoms with E-state index >= 15 is 0 Å². The Balaban J connectivity index is 2.02. The number of halogens is 3. The fraction of sp³-hybridized carbons (Fsp3) is 0.458. The van der Waals surface area contributed by atoms with Gasteiger partial charge in [-0.2, -0.15) is 0 Å². The third kappa shape index (κ3) is 7.27. The van der Waals surface area contributed by atoms with Gasteiger partial charge in [-0.15, -0.1) is 0 Å². The summed E-state index contributed by atoms with van der Waals surface area (Å²) in [5.74, 6) is -1.91. The van der Waals surface area contributed by atoms with Crippen LogP contribution in [0.1, 0.15) is 58.4 Å². The van der Waals surface area contributed by atoms with E-state index in [4.69, 9.17) is 21.1 Å². The van der Waals surface area contributed by atoms with Gasteiger partial charge in [-0.1, -0.05) is 39.0 Å². The van der Waals surface area contributed by atoms with Crippen molar-refractivity contribution in [1.29, 1.82) is 0 Å². The van der Waals surface area contributed by atoms with Gasteiger partial charge in [-0.25, -0.2) is 13.8 Å². The van der Waals surface area contributed by atoms with Gasteiger partial charge >= 0.3 is 0 Å². The van der Waals surface area contributed by atoms with Crippen LogP contribution in [0.5, 0.6) is 0 Å². The molecule has 1 heterocycles. The first-order chi connectivity index (χ1) is 14.2. The van der Waals surface area contributed by atoms with Gasteiger partial charge in [0.25, 0.3) is 0 Å². The average molecular weight is 453 g/mol. The average Bonchev–Trinajstić information content (AvgIpc) is 2.62. The molecule has 0 bridgehead atoms. The molecular weight excluding hydrogens is 422 g/mol. The topological polar surface area (TPSA) is 43.4 Å². The van der Waals surface area contributed by atoms with Crippen LogP contribution in [-0.2, 0) is 21.5 Å². The number of nitrogens with zero attached hydrogens (tertiary/aromatic N) is 1. The fourth-order valence-corrected chi connectivity index (χ4v) is 3.07.